The Kier molecular flexibility index (Phi) is 35.1. The van der Waals surface area contributed by atoms with Crippen LogP contribution in [0, 0.1) is 0 Å². The molecule has 384 valence electrons. The van der Waals surface area contributed by atoms with E-state index in [0.29, 0.717) is 24.0 Å². The van der Waals surface area contributed by atoms with Gasteiger partial charge in [-0.3, -0.25) is 0 Å². The minimum atomic E-state index is -4.48. The summed E-state index contributed by atoms with van der Waals surface area (Å²) < 4.78 is 72.0. The average Bonchev–Trinajstić information content (AvgIpc) is 3.31. The second-order valence-electron chi connectivity index (χ2n) is 20.1. The van der Waals surface area contributed by atoms with Crippen molar-refractivity contribution in [3.63, 3.8) is 0 Å². The average molecular weight is 1020 g/mol. The van der Waals surface area contributed by atoms with Crippen LogP contribution >= 0.6 is 0 Å². The second kappa shape index (κ2) is 38.1. The van der Waals surface area contributed by atoms with Crippen molar-refractivity contribution in [2.75, 3.05) is 0 Å². The number of benzene rings is 4. The van der Waals surface area contributed by atoms with Gasteiger partial charge in [-0.05, 0) is 119 Å². The largest absolute Gasteiger partial charge is 2.00 e. The summed E-state index contributed by atoms with van der Waals surface area (Å²) in [4.78, 5) is -0.0423. The standard InChI is InChI=1S/2C30H48O3S.Ca/c2*1-3-5-7-9-11-13-15-17-19-26-21-22-27-24-28(20-18-16-14-12-10-8-6-4-2)30(34(31,32)33)25-29(27)23-26;/h2*21-25H,3-20H2,1-2H3,(H,31,32,33);/q;;+2/p-2. The minimum Gasteiger partial charge on any atom is -0.744 e. The molecule has 0 aliphatic heterocycles. The van der Waals surface area contributed by atoms with E-state index in [-0.39, 0.29) is 47.5 Å². The predicted octanol–water partition coefficient (Wildman–Crippen LogP) is 17.8. The van der Waals surface area contributed by atoms with Crippen molar-refractivity contribution in [1.82, 2.24) is 0 Å². The smallest absolute Gasteiger partial charge is 0.744 e. The van der Waals surface area contributed by atoms with Crippen LogP contribution in [-0.4, -0.2) is 63.7 Å². The van der Waals surface area contributed by atoms with Crippen molar-refractivity contribution < 1.29 is 25.9 Å². The van der Waals surface area contributed by atoms with E-state index in [1.54, 1.807) is 12.1 Å². The fraction of sp³-hybridized carbons (Fsp3) is 0.667. The summed E-state index contributed by atoms with van der Waals surface area (Å²) in [5.74, 6) is 0. The fourth-order valence-corrected chi connectivity index (χ4v) is 11.2. The van der Waals surface area contributed by atoms with Crippen molar-refractivity contribution >= 4 is 79.5 Å². The first-order valence-corrected chi connectivity index (χ1v) is 30.8. The molecule has 0 unspecified atom stereocenters. The van der Waals surface area contributed by atoms with Crippen LogP contribution in [0.15, 0.2) is 70.5 Å². The van der Waals surface area contributed by atoms with E-state index in [1.807, 2.05) is 12.1 Å². The van der Waals surface area contributed by atoms with E-state index in [2.05, 4.69) is 64.1 Å². The Morgan fingerprint density at radius 3 is 0.812 bits per heavy atom. The van der Waals surface area contributed by atoms with Gasteiger partial charge in [0.05, 0.1) is 9.79 Å². The Balaban J connectivity index is 0.000000467. The first kappa shape index (κ1) is 63.6. The van der Waals surface area contributed by atoms with E-state index >= 15 is 0 Å². The van der Waals surface area contributed by atoms with Gasteiger partial charge in [0.1, 0.15) is 20.2 Å². The molecule has 0 aromatic heterocycles. The molecule has 0 heterocycles. The van der Waals surface area contributed by atoms with Crippen LogP contribution in [0.3, 0.4) is 0 Å². The molecule has 0 aliphatic carbocycles. The van der Waals surface area contributed by atoms with Gasteiger partial charge in [0, 0.05) is 0 Å². The number of fused-ring (bicyclic) bond motifs is 2. The third-order valence-corrected chi connectivity index (χ3v) is 15.8. The van der Waals surface area contributed by atoms with Crippen LogP contribution < -0.4 is 0 Å². The monoisotopic (exact) mass is 1010 g/mol. The summed E-state index contributed by atoms with van der Waals surface area (Å²) in [5.41, 5.74) is 3.82. The van der Waals surface area contributed by atoms with Gasteiger partial charge in [0.15, 0.2) is 0 Å². The zero-order valence-corrected chi connectivity index (χ0v) is 48.0. The van der Waals surface area contributed by atoms with Crippen molar-refractivity contribution in [2.24, 2.45) is 0 Å². The molecule has 4 aromatic rings. The Morgan fingerprint density at radius 2 is 0.551 bits per heavy atom. The van der Waals surface area contributed by atoms with Gasteiger partial charge in [-0.25, -0.2) is 16.8 Å². The topological polar surface area (TPSA) is 114 Å². The van der Waals surface area contributed by atoms with Crippen LogP contribution in [0.2, 0.25) is 0 Å². The van der Waals surface area contributed by atoms with E-state index in [1.165, 1.54) is 178 Å². The Bertz CT molecular complexity index is 2030. The van der Waals surface area contributed by atoms with Crippen LogP contribution in [0.25, 0.3) is 21.5 Å². The Hall–Kier alpha value is -1.52. The summed E-state index contributed by atoms with van der Waals surface area (Å²) in [6, 6.07) is 19.8. The quantitative estimate of drug-likeness (QED) is 0.0251. The molecule has 0 bridgehead atoms. The molecule has 0 radical (unpaired) electrons. The van der Waals surface area contributed by atoms with Crippen molar-refractivity contribution in [3.05, 3.63) is 82.9 Å². The second-order valence-corrected chi connectivity index (χ2v) is 22.8. The van der Waals surface area contributed by atoms with Gasteiger partial charge in [0.25, 0.3) is 0 Å². The summed E-state index contributed by atoms with van der Waals surface area (Å²) >= 11 is 0. The van der Waals surface area contributed by atoms with Gasteiger partial charge >= 0.3 is 37.7 Å². The molecule has 0 fully saturated rings. The molecular formula is C60H94CaO6S2. The molecule has 69 heavy (non-hydrogen) atoms. The zero-order valence-electron chi connectivity index (χ0n) is 44.2. The van der Waals surface area contributed by atoms with Crippen molar-refractivity contribution in [1.29, 1.82) is 0 Å². The first-order valence-electron chi connectivity index (χ1n) is 27.9. The molecule has 0 spiro atoms. The molecule has 0 saturated heterocycles. The maximum Gasteiger partial charge on any atom is 2.00 e. The normalized spacial score (nSPS) is 11.8. The molecule has 0 N–H and O–H groups in total. The van der Waals surface area contributed by atoms with Crippen molar-refractivity contribution in [2.45, 2.75) is 269 Å². The molecule has 0 aliphatic rings. The SMILES string of the molecule is CCCCCCCCCCc1ccc2cc(CCCCCCCCCC)c(S(=O)(=O)[O-])cc2c1.CCCCCCCCCCc1ccc2cc(CCCCCCCCCC)c(S(=O)(=O)[O-])cc2c1.[Ca+2]. The maximum atomic E-state index is 12.0. The van der Waals surface area contributed by atoms with Gasteiger partial charge in [-0.15, -0.1) is 0 Å². The molecule has 9 heteroatoms. The van der Waals surface area contributed by atoms with E-state index in [9.17, 15) is 25.9 Å². The van der Waals surface area contributed by atoms with Crippen LogP contribution in [-0.2, 0) is 45.9 Å². The van der Waals surface area contributed by atoms with Crippen LogP contribution in [0.4, 0.5) is 0 Å². The third-order valence-electron chi connectivity index (χ3n) is 13.9. The Morgan fingerprint density at radius 1 is 0.304 bits per heavy atom. The number of hydrogen-bond acceptors (Lipinski definition) is 6. The van der Waals surface area contributed by atoms with Crippen LogP contribution in [0.5, 0.6) is 0 Å². The fourth-order valence-electron chi connectivity index (χ4n) is 9.74. The summed E-state index contributed by atoms with van der Waals surface area (Å²) in [6.07, 6.45) is 43.2. The number of unbranched alkanes of at least 4 members (excludes halogenated alkanes) is 28. The number of rotatable bonds is 38. The van der Waals surface area contributed by atoms with Crippen LogP contribution in [0.1, 0.15) is 255 Å². The molecule has 0 atom stereocenters. The number of hydrogen-bond donors (Lipinski definition) is 0. The van der Waals surface area contributed by atoms with Gasteiger partial charge in [0.2, 0.25) is 0 Å². The van der Waals surface area contributed by atoms with E-state index < -0.39 is 20.2 Å². The predicted molar refractivity (Wildman–Crippen MR) is 295 cm³/mol. The molecule has 4 rings (SSSR count). The molecule has 6 nitrogen and oxygen atoms in total. The van der Waals surface area contributed by atoms with E-state index in [0.717, 1.165) is 72.9 Å². The zero-order chi connectivity index (χ0) is 49.3. The van der Waals surface area contributed by atoms with Gasteiger partial charge in [-0.2, -0.15) is 0 Å². The molecule has 0 saturated carbocycles. The molecule has 0 amide bonds. The van der Waals surface area contributed by atoms with Gasteiger partial charge < -0.3 is 9.11 Å². The van der Waals surface area contributed by atoms with Gasteiger partial charge in [-0.1, -0.05) is 244 Å². The minimum absolute atomic E-state index is 0. The summed E-state index contributed by atoms with van der Waals surface area (Å²) in [5, 5.41) is 3.79. The third kappa shape index (κ3) is 27.4. The number of aryl methyl sites for hydroxylation is 4. The van der Waals surface area contributed by atoms with Crippen molar-refractivity contribution in [3.8, 4) is 0 Å². The van der Waals surface area contributed by atoms with E-state index in [4.69, 9.17) is 0 Å². The first-order chi connectivity index (χ1) is 32.9. The maximum absolute atomic E-state index is 12.0. The molecule has 4 aromatic carbocycles. The summed E-state index contributed by atoms with van der Waals surface area (Å²) in [6.45, 7) is 8.95. The molecular weight excluding hydrogens is 921 g/mol. The summed E-state index contributed by atoms with van der Waals surface area (Å²) in [7, 11) is -8.96. The Labute approximate surface area is 453 Å².